The number of hydrogen-bond acceptors (Lipinski definition) is 4. The highest BCUT2D eigenvalue weighted by Gasteiger charge is 2.31. The number of nitrogens with zero attached hydrogens (tertiary/aromatic N) is 3. The first-order valence-electron chi connectivity index (χ1n) is 13.1. The van der Waals surface area contributed by atoms with Crippen LogP contribution in [0.25, 0.3) is 10.9 Å². The third-order valence-electron chi connectivity index (χ3n) is 7.73. The summed E-state index contributed by atoms with van der Waals surface area (Å²) in [7, 11) is 3.68. The van der Waals surface area contributed by atoms with Crippen LogP contribution in [0.15, 0.2) is 48.8 Å². The Labute approximate surface area is 213 Å². The van der Waals surface area contributed by atoms with E-state index in [1.165, 1.54) is 5.69 Å². The van der Waals surface area contributed by atoms with Crippen molar-refractivity contribution in [1.29, 1.82) is 0 Å². The second kappa shape index (κ2) is 12.3. The molecule has 3 atom stereocenters. The van der Waals surface area contributed by atoms with Crippen LogP contribution in [0.1, 0.15) is 56.0 Å². The molecule has 6 nitrogen and oxygen atoms in total. The molecular formula is C29H38FN3O3. The van der Waals surface area contributed by atoms with E-state index in [-0.39, 0.29) is 18.3 Å². The normalized spacial score (nSPS) is 19.4. The van der Waals surface area contributed by atoms with E-state index >= 15 is 4.39 Å². The predicted octanol–water partition coefficient (Wildman–Crippen LogP) is 5.81. The molecule has 0 aliphatic carbocycles. The van der Waals surface area contributed by atoms with Crippen molar-refractivity contribution in [3.05, 3.63) is 60.0 Å². The number of aromatic nitrogens is 2. The van der Waals surface area contributed by atoms with E-state index in [1.807, 2.05) is 18.2 Å². The molecule has 1 aliphatic heterocycles. The molecular weight excluding hydrogens is 457 g/mol. The summed E-state index contributed by atoms with van der Waals surface area (Å²) in [5.74, 6) is 0.202. The Kier molecular flexibility index (Phi) is 8.97. The fourth-order valence-corrected chi connectivity index (χ4v) is 5.66. The number of piperidine rings is 1. The second-order valence-corrected chi connectivity index (χ2v) is 10.1. The van der Waals surface area contributed by atoms with E-state index in [1.54, 1.807) is 19.4 Å². The molecule has 0 unspecified atom stereocenters. The van der Waals surface area contributed by atoms with Crippen LogP contribution < -0.4 is 4.74 Å². The first-order valence-corrected chi connectivity index (χ1v) is 13.1. The largest absolute Gasteiger partial charge is 0.497 e. The van der Waals surface area contributed by atoms with Gasteiger partial charge in [0.05, 0.1) is 12.6 Å². The van der Waals surface area contributed by atoms with Gasteiger partial charge in [-0.15, -0.1) is 0 Å². The van der Waals surface area contributed by atoms with Gasteiger partial charge in [0.1, 0.15) is 11.9 Å². The number of ether oxygens (including phenoxy) is 1. The molecule has 2 aromatic heterocycles. The van der Waals surface area contributed by atoms with Crippen LogP contribution in [0.4, 0.5) is 4.39 Å². The Morgan fingerprint density at radius 3 is 2.86 bits per heavy atom. The Morgan fingerprint density at radius 1 is 1.25 bits per heavy atom. The Hall–Kier alpha value is -2.93. The van der Waals surface area contributed by atoms with Crippen molar-refractivity contribution in [3.8, 4) is 5.75 Å². The molecule has 0 saturated carbocycles. The summed E-state index contributed by atoms with van der Waals surface area (Å²) < 4.78 is 23.0. The van der Waals surface area contributed by atoms with Crippen LogP contribution in [0.3, 0.4) is 0 Å². The third-order valence-corrected chi connectivity index (χ3v) is 7.73. The zero-order chi connectivity index (χ0) is 25.5. The van der Waals surface area contributed by atoms with Gasteiger partial charge >= 0.3 is 5.97 Å². The van der Waals surface area contributed by atoms with Crippen LogP contribution in [-0.4, -0.2) is 52.3 Å². The minimum absolute atomic E-state index is 0.0607. The quantitative estimate of drug-likeness (QED) is 0.321. The number of aliphatic carboxylic acids is 1. The number of carbonyl (C=O) groups is 1. The average molecular weight is 496 g/mol. The van der Waals surface area contributed by atoms with Crippen LogP contribution in [0.2, 0.25) is 0 Å². The standard InChI is InChI=1S/C29H38FN3O3/c1-32-15-5-7-23(32)6-3-4-16-33-17-13-21(22(20-33)18-29(34)35)8-10-27(30)25-12-14-31-28-11-9-24(36-2)19-26(25)28/h5,7,9,11-12,14-15,19,21-22,27H,3-4,6,8,10,13,16-18,20H2,1-2H3,(H,34,35)/t21-,22+,27+/m1/s1. The Bertz CT molecular complexity index is 1150. The first kappa shape index (κ1) is 26.1. The van der Waals surface area contributed by atoms with Crippen molar-refractivity contribution in [2.24, 2.45) is 18.9 Å². The number of benzene rings is 1. The highest BCUT2D eigenvalue weighted by molar-refractivity contribution is 5.83. The number of carboxylic acids is 1. The lowest BCUT2D eigenvalue weighted by molar-refractivity contribution is -0.139. The molecule has 1 fully saturated rings. The summed E-state index contributed by atoms with van der Waals surface area (Å²) in [4.78, 5) is 18.4. The molecule has 4 rings (SSSR count). The van der Waals surface area contributed by atoms with Gasteiger partial charge in [-0.05, 0) is 105 Å². The molecule has 3 heterocycles. The van der Waals surface area contributed by atoms with Crippen molar-refractivity contribution in [2.45, 2.75) is 51.1 Å². The van der Waals surface area contributed by atoms with Gasteiger partial charge in [0.15, 0.2) is 0 Å². The van der Waals surface area contributed by atoms with Gasteiger partial charge in [-0.1, -0.05) is 0 Å². The lowest BCUT2D eigenvalue weighted by Crippen LogP contribution is -2.41. The van der Waals surface area contributed by atoms with E-state index in [9.17, 15) is 9.90 Å². The van der Waals surface area contributed by atoms with E-state index in [4.69, 9.17) is 4.74 Å². The monoisotopic (exact) mass is 495 g/mol. The zero-order valence-corrected chi connectivity index (χ0v) is 21.4. The molecule has 0 amide bonds. The summed E-state index contributed by atoms with van der Waals surface area (Å²) in [5.41, 5.74) is 2.73. The number of aryl methyl sites for hydroxylation is 2. The number of fused-ring (bicyclic) bond motifs is 1. The first-order chi connectivity index (χ1) is 17.4. The topological polar surface area (TPSA) is 67.6 Å². The van der Waals surface area contributed by atoms with Gasteiger partial charge in [0, 0.05) is 43.5 Å². The van der Waals surface area contributed by atoms with E-state index in [0.29, 0.717) is 24.2 Å². The molecule has 1 saturated heterocycles. The highest BCUT2D eigenvalue weighted by atomic mass is 19.1. The lowest BCUT2D eigenvalue weighted by atomic mass is 9.79. The molecule has 3 aromatic rings. The van der Waals surface area contributed by atoms with Crippen molar-refractivity contribution >= 4 is 16.9 Å². The van der Waals surface area contributed by atoms with E-state index < -0.39 is 12.1 Å². The van der Waals surface area contributed by atoms with Gasteiger partial charge in [-0.2, -0.15) is 0 Å². The number of likely N-dealkylation sites (tertiary alicyclic amines) is 1. The fourth-order valence-electron chi connectivity index (χ4n) is 5.66. The van der Waals surface area contributed by atoms with Crippen LogP contribution in [0.5, 0.6) is 5.75 Å². The number of pyridine rings is 1. The summed E-state index contributed by atoms with van der Waals surface area (Å²) in [6, 6.07) is 11.5. The molecule has 0 bridgehead atoms. The number of unbranched alkanes of at least 4 members (excludes halogenated alkanes) is 1. The fraction of sp³-hybridized carbons (Fsp3) is 0.517. The maximum absolute atomic E-state index is 15.5. The van der Waals surface area contributed by atoms with Gasteiger partial charge in [0.2, 0.25) is 0 Å². The molecule has 194 valence electrons. The van der Waals surface area contributed by atoms with Gasteiger partial charge in [0.25, 0.3) is 0 Å². The summed E-state index contributed by atoms with van der Waals surface area (Å²) in [6.07, 6.45) is 8.03. The van der Waals surface area contributed by atoms with Crippen LogP contribution in [-0.2, 0) is 18.3 Å². The molecule has 36 heavy (non-hydrogen) atoms. The smallest absolute Gasteiger partial charge is 0.303 e. The maximum atomic E-state index is 15.5. The maximum Gasteiger partial charge on any atom is 0.303 e. The third kappa shape index (κ3) is 6.64. The minimum atomic E-state index is -1.12. The van der Waals surface area contributed by atoms with E-state index in [0.717, 1.165) is 56.2 Å². The van der Waals surface area contributed by atoms with Crippen LogP contribution in [0, 0.1) is 11.8 Å². The zero-order valence-electron chi connectivity index (χ0n) is 21.4. The Morgan fingerprint density at radius 2 is 2.11 bits per heavy atom. The van der Waals surface area contributed by atoms with E-state index in [2.05, 4.69) is 39.8 Å². The summed E-state index contributed by atoms with van der Waals surface area (Å²) in [6.45, 7) is 2.73. The van der Waals surface area contributed by atoms with Gasteiger partial charge < -0.3 is 19.3 Å². The number of halogens is 1. The minimum Gasteiger partial charge on any atom is -0.497 e. The molecule has 1 aromatic carbocycles. The predicted molar refractivity (Wildman–Crippen MR) is 140 cm³/mol. The molecule has 7 heteroatoms. The van der Waals surface area contributed by atoms with Crippen molar-refractivity contribution in [2.75, 3.05) is 26.7 Å². The Balaban J connectivity index is 1.32. The van der Waals surface area contributed by atoms with Crippen molar-refractivity contribution in [1.82, 2.24) is 14.5 Å². The molecule has 0 spiro atoms. The summed E-state index contributed by atoms with van der Waals surface area (Å²) >= 11 is 0. The van der Waals surface area contributed by atoms with Crippen molar-refractivity contribution < 1.29 is 19.0 Å². The molecule has 0 radical (unpaired) electrons. The van der Waals surface area contributed by atoms with Crippen molar-refractivity contribution in [3.63, 3.8) is 0 Å². The average Bonchev–Trinajstić information content (AvgIpc) is 3.29. The number of carboxylic acid groups (broad SMARTS) is 1. The van der Waals surface area contributed by atoms with Crippen LogP contribution >= 0.6 is 0 Å². The highest BCUT2D eigenvalue weighted by Crippen LogP contribution is 2.36. The SMILES string of the molecule is COc1ccc2nccc([C@@H](F)CC[C@@H]3CCN(CCCCc4cccn4C)C[C@@H]3CC(=O)O)c2c1. The molecule has 1 N–H and O–H groups in total. The molecule has 1 aliphatic rings. The lowest BCUT2D eigenvalue weighted by Gasteiger charge is -2.38. The number of alkyl halides is 1. The van der Waals surface area contributed by atoms with Gasteiger partial charge in [-0.25, -0.2) is 4.39 Å². The summed E-state index contributed by atoms with van der Waals surface area (Å²) in [5, 5.41) is 10.3. The number of hydrogen-bond donors (Lipinski definition) is 1. The van der Waals surface area contributed by atoms with Gasteiger partial charge in [-0.3, -0.25) is 9.78 Å². The number of rotatable bonds is 12. The second-order valence-electron chi connectivity index (χ2n) is 10.1. The number of methoxy groups -OCH3 is 1.